The summed E-state index contributed by atoms with van der Waals surface area (Å²) in [6.07, 6.45) is 0. The van der Waals surface area contributed by atoms with Gasteiger partial charge in [0, 0.05) is 16.0 Å². The Bertz CT molecular complexity index is 1180. The van der Waals surface area contributed by atoms with Gasteiger partial charge in [-0.05, 0) is 34.0 Å². The molecule has 134 valence electrons. The van der Waals surface area contributed by atoms with Crippen LogP contribution in [0.5, 0.6) is 5.75 Å². The number of methoxy groups -OCH3 is 1. The first-order chi connectivity index (χ1) is 13.3. The van der Waals surface area contributed by atoms with Gasteiger partial charge in [0.25, 0.3) is 5.56 Å². The molecule has 0 spiro atoms. The maximum atomic E-state index is 12.5. The molecule has 5 rings (SSSR count). The second kappa shape index (κ2) is 6.02. The molecule has 4 aromatic rings. The first-order valence-electron chi connectivity index (χ1n) is 8.11. The first-order valence-corrected chi connectivity index (χ1v) is 8.99. The van der Waals surface area contributed by atoms with Crippen LogP contribution in [0.4, 0.5) is 11.6 Å². The van der Waals surface area contributed by atoms with Gasteiger partial charge < -0.3 is 10.1 Å². The molecule has 10 heteroatoms. The van der Waals surface area contributed by atoms with Crippen LogP contribution < -0.4 is 15.6 Å². The molecule has 0 amide bonds. The van der Waals surface area contributed by atoms with E-state index in [1.807, 2.05) is 41.8 Å². The van der Waals surface area contributed by atoms with E-state index in [2.05, 4.69) is 31.0 Å². The fourth-order valence-corrected chi connectivity index (χ4v) is 4.06. The molecule has 0 saturated carbocycles. The molecule has 1 aromatic carbocycles. The predicted octanol–water partition coefficient (Wildman–Crippen LogP) is 2.19. The van der Waals surface area contributed by atoms with Gasteiger partial charge in [0.1, 0.15) is 17.5 Å². The van der Waals surface area contributed by atoms with Gasteiger partial charge in [0.15, 0.2) is 0 Å². The van der Waals surface area contributed by atoms with Crippen molar-refractivity contribution in [1.82, 2.24) is 30.4 Å². The molecule has 27 heavy (non-hydrogen) atoms. The van der Waals surface area contributed by atoms with Gasteiger partial charge in [-0.2, -0.15) is 9.78 Å². The molecule has 3 aromatic heterocycles. The lowest BCUT2D eigenvalue weighted by atomic mass is 9.96. The Hall–Kier alpha value is -3.53. The summed E-state index contributed by atoms with van der Waals surface area (Å²) in [6, 6.07) is 11.1. The summed E-state index contributed by atoms with van der Waals surface area (Å²) in [7, 11) is 1.61. The molecule has 1 aliphatic rings. The van der Waals surface area contributed by atoms with Crippen LogP contribution in [-0.2, 0) is 0 Å². The Kier molecular flexibility index (Phi) is 3.50. The highest BCUT2D eigenvalue weighted by Gasteiger charge is 2.34. The average molecular weight is 379 g/mol. The fraction of sp³-hybridized carbons (Fsp3) is 0.118. The number of aromatic nitrogens is 6. The zero-order valence-corrected chi connectivity index (χ0v) is 14.9. The standard InChI is InChI=1S/C17H13N7O2S/c1-26-10-5-2-4-9(8-10)13-12-14(16(25)20-19-13)18-17-21-22-23-24(17)15(12)11-6-3-7-27-11/h2-8,15H,1H3,(H,20,25)(H,18,21,23). The van der Waals surface area contributed by atoms with Crippen molar-refractivity contribution in [1.29, 1.82) is 0 Å². The molecule has 4 heterocycles. The van der Waals surface area contributed by atoms with E-state index < -0.39 is 0 Å². The Morgan fingerprint density at radius 3 is 3.00 bits per heavy atom. The van der Waals surface area contributed by atoms with Gasteiger partial charge in [-0.25, -0.2) is 5.10 Å². The van der Waals surface area contributed by atoms with Crippen molar-refractivity contribution in [2.75, 3.05) is 12.4 Å². The highest BCUT2D eigenvalue weighted by atomic mass is 32.1. The number of nitrogens with one attached hydrogen (secondary N) is 2. The van der Waals surface area contributed by atoms with Crippen molar-refractivity contribution in [2.24, 2.45) is 0 Å². The molecule has 0 aliphatic carbocycles. The summed E-state index contributed by atoms with van der Waals surface area (Å²) in [5, 5.41) is 23.8. The Labute approximate surface area is 156 Å². The fourth-order valence-electron chi connectivity index (χ4n) is 3.24. The number of rotatable bonds is 3. The zero-order chi connectivity index (χ0) is 18.4. The average Bonchev–Trinajstić information content (AvgIpc) is 3.39. The molecule has 0 radical (unpaired) electrons. The number of hydrogen-bond donors (Lipinski definition) is 2. The number of ether oxygens (including phenoxy) is 1. The molecule has 1 atom stereocenters. The van der Waals surface area contributed by atoms with Crippen molar-refractivity contribution in [2.45, 2.75) is 6.04 Å². The number of anilines is 2. The van der Waals surface area contributed by atoms with Crippen LogP contribution in [0.3, 0.4) is 0 Å². The van der Waals surface area contributed by atoms with E-state index in [4.69, 9.17) is 4.74 Å². The maximum absolute atomic E-state index is 12.5. The molecule has 0 bridgehead atoms. The number of hydrogen-bond acceptors (Lipinski definition) is 8. The van der Waals surface area contributed by atoms with E-state index in [0.29, 0.717) is 28.6 Å². The summed E-state index contributed by atoms with van der Waals surface area (Å²) >= 11 is 1.57. The summed E-state index contributed by atoms with van der Waals surface area (Å²) in [6.45, 7) is 0. The quantitative estimate of drug-likeness (QED) is 0.494. The second-order valence-electron chi connectivity index (χ2n) is 5.91. The molecule has 1 aliphatic heterocycles. The van der Waals surface area contributed by atoms with E-state index in [9.17, 15) is 4.79 Å². The maximum Gasteiger partial charge on any atom is 0.288 e. The van der Waals surface area contributed by atoms with Crippen molar-refractivity contribution in [3.8, 4) is 17.0 Å². The minimum atomic E-state index is -0.359. The lowest BCUT2D eigenvalue weighted by Gasteiger charge is -2.26. The third kappa shape index (κ3) is 2.41. The summed E-state index contributed by atoms with van der Waals surface area (Å²) in [5.41, 5.74) is 2.24. The number of fused-ring (bicyclic) bond motifs is 2. The predicted molar refractivity (Wildman–Crippen MR) is 99.5 cm³/mol. The van der Waals surface area contributed by atoms with Gasteiger partial charge in [-0.15, -0.1) is 11.3 Å². The number of H-pyrrole nitrogens is 1. The minimum Gasteiger partial charge on any atom is -0.497 e. The van der Waals surface area contributed by atoms with Gasteiger partial charge in [0.2, 0.25) is 5.95 Å². The van der Waals surface area contributed by atoms with Crippen molar-refractivity contribution in [3.05, 3.63) is 62.6 Å². The largest absolute Gasteiger partial charge is 0.497 e. The molecular formula is C17H13N7O2S. The second-order valence-corrected chi connectivity index (χ2v) is 6.89. The lowest BCUT2D eigenvalue weighted by molar-refractivity contribution is 0.415. The third-order valence-electron chi connectivity index (χ3n) is 4.42. The Morgan fingerprint density at radius 2 is 2.19 bits per heavy atom. The molecule has 0 saturated heterocycles. The monoisotopic (exact) mass is 379 g/mol. The van der Waals surface area contributed by atoms with E-state index >= 15 is 0 Å². The van der Waals surface area contributed by atoms with Crippen LogP contribution in [0, 0.1) is 0 Å². The normalized spacial score (nSPS) is 14.9. The Balaban J connectivity index is 1.81. The van der Waals surface area contributed by atoms with Crippen LogP contribution in [-0.4, -0.2) is 37.5 Å². The SMILES string of the molecule is COc1cccc(-c2n[nH]c(=O)c3c2C(c2cccs2)n2nnnc2N3)c1. The molecular weight excluding hydrogens is 366 g/mol. The van der Waals surface area contributed by atoms with Gasteiger partial charge in [-0.1, -0.05) is 23.3 Å². The van der Waals surface area contributed by atoms with Crippen LogP contribution >= 0.6 is 11.3 Å². The van der Waals surface area contributed by atoms with Gasteiger partial charge >= 0.3 is 0 Å². The minimum absolute atomic E-state index is 0.326. The van der Waals surface area contributed by atoms with Crippen molar-refractivity contribution >= 4 is 23.0 Å². The lowest BCUT2D eigenvalue weighted by Crippen LogP contribution is -2.28. The van der Waals surface area contributed by atoms with E-state index in [-0.39, 0.29) is 11.6 Å². The van der Waals surface area contributed by atoms with Gasteiger partial charge in [0.05, 0.1) is 12.8 Å². The number of nitrogens with zero attached hydrogens (tertiary/aromatic N) is 5. The summed E-state index contributed by atoms with van der Waals surface area (Å²) < 4.78 is 7.00. The van der Waals surface area contributed by atoms with Crippen LogP contribution in [0.25, 0.3) is 11.3 Å². The number of benzene rings is 1. The smallest absolute Gasteiger partial charge is 0.288 e. The number of tetrazole rings is 1. The van der Waals surface area contributed by atoms with Gasteiger partial charge in [-0.3, -0.25) is 4.79 Å². The van der Waals surface area contributed by atoms with Crippen molar-refractivity contribution in [3.63, 3.8) is 0 Å². The highest BCUT2D eigenvalue weighted by molar-refractivity contribution is 7.10. The van der Waals surface area contributed by atoms with E-state index in [1.54, 1.807) is 23.1 Å². The first kappa shape index (κ1) is 15.7. The Morgan fingerprint density at radius 1 is 1.26 bits per heavy atom. The number of aromatic amines is 1. The molecule has 2 N–H and O–H groups in total. The molecule has 1 unspecified atom stereocenters. The highest BCUT2D eigenvalue weighted by Crippen LogP contribution is 2.42. The van der Waals surface area contributed by atoms with E-state index in [0.717, 1.165) is 10.4 Å². The van der Waals surface area contributed by atoms with Crippen LogP contribution in [0.1, 0.15) is 16.5 Å². The third-order valence-corrected chi connectivity index (χ3v) is 5.35. The van der Waals surface area contributed by atoms with E-state index in [1.165, 1.54) is 0 Å². The topological polar surface area (TPSA) is 111 Å². The van der Waals surface area contributed by atoms with Crippen LogP contribution in [0.15, 0.2) is 46.6 Å². The number of thiophene rings is 1. The molecule has 9 nitrogen and oxygen atoms in total. The van der Waals surface area contributed by atoms with Crippen molar-refractivity contribution < 1.29 is 4.74 Å². The summed E-state index contributed by atoms with van der Waals surface area (Å²) in [5.74, 6) is 1.11. The molecule has 0 fully saturated rings. The van der Waals surface area contributed by atoms with Crippen LogP contribution in [0.2, 0.25) is 0 Å². The zero-order valence-electron chi connectivity index (χ0n) is 14.1. The summed E-state index contributed by atoms with van der Waals surface area (Å²) in [4.78, 5) is 13.5.